The molecule has 4 heteroatoms. The predicted octanol–water partition coefficient (Wildman–Crippen LogP) is -0.325. The van der Waals surface area contributed by atoms with E-state index in [0.717, 1.165) is 0 Å². The van der Waals surface area contributed by atoms with Crippen molar-refractivity contribution in [1.29, 1.82) is 0 Å². The van der Waals surface area contributed by atoms with Crippen LogP contribution in [0.4, 0.5) is 0 Å². The molecule has 10 heavy (non-hydrogen) atoms. The van der Waals surface area contributed by atoms with Crippen LogP contribution in [0.25, 0.3) is 0 Å². The van der Waals surface area contributed by atoms with E-state index in [9.17, 15) is 4.79 Å². The molecule has 1 aliphatic rings. The van der Waals surface area contributed by atoms with Gasteiger partial charge >= 0.3 is 5.97 Å². The quantitative estimate of drug-likeness (QED) is 0.507. The maximum Gasteiger partial charge on any atom is 0.340 e. The Balaban J connectivity index is 2.63. The van der Waals surface area contributed by atoms with Crippen LogP contribution in [0, 0.1) is 0 Å². The van der Waals surface area contributed by atoms with E-state index in [-0.39, 0.29) is 5.97 Å². The van der Waals surface area contributed by atoms with E-state index in [1.165, 1.54) is 13.3 Å². The fourth-order valence-electron chi connectivity index (χ4n) is 0.619. The molecule has 0 aromatic carbocycles. The number of hydrogen-bond acceptors (Lipinski definition) is 4. The second kappa shape index (κ2) is 3.00. The van der Waals surface area contributed by atoms with Crippen LogP contribution in [0.15, 0.2) is 16.8 Å². The SMILES string of the molecule is COC(=O)C1=CNCN=C1. The standard InChI is InChI=1S/C6H8N2O2/c1-10-6(9)5-2-7-4-8-3-5/h2-3,7H,4H2,1H3. The first kappa shape index (κ1) is 6.80. The van der Waals surface area contributed by atoms with Gasteiger partial charge in [0.1, 0.15) is 6.67 Å². The van der Waals surface area contributed by atoms with Crippen LogP contribution in [-0.2, 0) is 9.53 Å². The topological polar surface area (TPSA) is 50.7 Å². The number of methoxy groups -OCH3 is 1. The first-order valence-electron chi connectivity index (χ1n) is 2.86. The minimum Gasteiger partial charge on any atom is -0.465 e. The fourth-order valence-corrected chi connectivity index (χ4v) is 0.619. The maximum absolute atomic E-state index is 10.7. The Labute approximate surface area is 58.6 Å². The van der Waals surface area contributed by atoms with E-state index in [1.54, 1.807) is 6.20 Å². The molecule has 0 unspecified atom stereocenters. The second-order valence-electron chi connectivity index (χ2n) is 1.77. The Hall–Kier alpha value is -1.32. The van der Waals surface area contributed by atoms with Crippen molar-refractivity contribution >= 4 is 12.2 Å². The summed E-state index contributed by atoms with van der Waals surface area (Å²) < 4.78 is 4.45. The Morgan fingerprint density at radius 3 is 3.20 bits per heavy atom. The number of nitrogens with one attached hydrogen (secondary N) is 1. The summed E-state index contributed by atoms with van der Waals surface area (Å²) >= 11 is 0. The van der Waals surface area contributed by atoms with Crippen molar-refractivity contribution in [3.8, 4) is 0 Å². The maximum atomic E-state index is 10.7. The third-order valence-corrected chi connectivity index (χ3v) is 1.09. The summed E-state index contributed by atoms with van der Waals surface area (Å²) in [4.78, 5) is 14.6. The van der Waals surface area contributed by atoms with Gasteiger partial charge in [0.25, 0.3) is 0 Å². The summed E-state index contributed by atoms with van der Waals surface area (Å²) in [5.74, 6) is -0.365. The first-order chi connectivity index (χ1) is 4.84. The molecule has 54 valence electrons. The molecule has 1 rings (SSSR count). The molecule has 1 aliphatic heterocycles. The molecule has 1 N–H and O–H groups in total. The molecular formula is C6H8N2O2. The number of aliphatic imine (C=N–C) groups is 1. The summed E-state index contributed by atoms with van der Waals surface area (Å²) in [5.41, 5.74) is 0.453. The molecule has 0 aromatic heterocycles. The van der Waals surface area contributed by atoms with Crippen molar-refractivity contribution in [3.05, 3.63) is 11.8 Å². The number of carbonyl (C=O) groups excluding carboxylic acids is 1. The number of carbonyl (C=O) groups is 1. The monoisotopic (exact) mass is 140 g/mol. The predicted molar refractivity (Wildman–Crippen MR) is 36.6 cm³/mol. The molecule has 0 bridgehead atoms. The third-order valence-electron chi connectivity index (χ3n) is 1.09. The van der Waals surface area contributed by atoms with E-state index >= 15 is 0 Å². The van der Waals surface area contributed by atoms with Gasteiger partial charge in [-0.3, -0.25) is 4.99 Å². The first-order valence-corrected chi connectivity index (χ1v) is 2.86. The molecule has 1 heterocycles. The summed E-state index contributed by atoms with van der Waals surface area (Å²) in [6.45, 7) is 0.528. The largest absolute Gasteiger partial charge is 0.465 e. The van der Waals surface area contributed by atoms with Crippen molar-refractivity contribution in [2.75, 3.05) is 13.8 Å². The zero-order chi connectivity index (χ0) is 7.40. The number of ether oxygens (including phenoxy) is 1. The summed E-state index contributed by atoms with van der Waals surface area (Å²) in [5, 5.41) is 2.79. The molecule has 0 spiro atoms. The van der Waals surface area contributed by atoms with Gasteiger partial charge in [0.05, 0.1) is 12.7 Å². The van der Waals surface area contributed by atoms with E-state index in [2.05, 4.69) is 15.0 Å². The Morgan fingerprint density at radius 1 is 1.90 bits per heavy atom. The molecule has 0 aliphatic carbocycles. The van der Waals surface area contributed by atoms with Crippen molar-refractivity contribution in [2.45, 2.75) is 0 Å². The molecule has 0 aromatic rings. The highest BCUT2D eigenvalue weighted by Gasteiger charge is 2.07. The van der Waals surface area contributed by atoms with Crippen LogP contribution < -0.4 is 5.32 Å². The van der Waals surface area contributed by atoms with Crippen molar-refractivity contribution in [2.24, 2.45) is 4.99 Å². The average molecular weight is 140 g/mol. The molecule has 0 fully saturated rings. The Morgan fingerprint density at radius 2 is 2.70 bits per heavy atom. The molecule has 0 saturated heterocycles. The minimum absolute atomic E-state index is 0.365. The van der Waals surface area contributed by atoms with Crippen LogP contribution in [-0.4, -0.2) is 26.0 Å². The Bertz CT molecular complexity index is 196. The number of nitrogens with zero attached hydrogens (tertiary/aromatic N) is 1. The number of rotatable bonds is 1. The summed E-state index contributed by atoms with van der Waals surface area (Å²) in [7, 11) is 1.34. The van der Waals surface area contributed by atoms with Crippen LogP contribution in [0.2, 0.25) is 0 Å². The molecule has 4 nitrogen and oxygen atoms in total. The molecule has 0 atom stereocenters. The molecular weight excluding hydrogens is 132 g/mol. The highest BCUT2D eigenvalue weighted by atomic mass is 16.5. The van der Waals surface area contributed by atoms with Crippen molar-refractivity contribution < 1.29 is 9.53 Å². The number of hydrogen-bond donors (Lipinski definition) is 1. The van der Waals surface area contributed by atoms with E-state index in [1.807, 2.05) is 0 Å². The van der Waals surface area contributed by atoms with Gasteiger partial charge in [0.15, 0.2) is 0 Å². The normalized spacial score (nSPS) is 15.5. The zero-order valence-corrected chi connectivity index (χ0v) is 5.63. The van der Waals surface area contributed by atoms with Gasteiger partial charge in [0, 0.05) is 12.4 Å². The van der Waals surface area contributed by atoms with Crippen LogP contribution >= 0.6 is 0 Å². The van der Waals surface area contributed by atoms with Gasteiger partial charge in [-0.2, -0.15) is 0 Å². The van der Waals surface area contributed by atoms with Crippen LogP contribution in [0.1, 0.15) is 0 Å². The lowest BCUT2D eigenvalue weighted by atomic mass is 10.3. The van der Waals surface area contributed by atoms with E-state index in [4.69, 9.17) is 0 Å². The van der Waals surface area contributed by atoms with Crippen molar-refractivity contribution in [3.63, 3.8) is 0 Å². The lowest BCUT2D eigenvalue weighted by molar-refractivity contribution is -0.135. The summed E-state index contributed by atoms with van der Waals surface area (Å²) in [6, 6.07) is 0. The third kappa shape index (κ3) is 1.34. The fraction of sp³-hybridized carbons (Fsp3) is 0.333. The Kier molecular flexibility index (Phi) is 2.04. The van der Waals surface area contributed by atoms with Gasteiger partial charge in [0.2, 0.25) is 0 Å². The van der Waals surface area contributed by atoms with Gasteiger partial charge in [-0.25, -0.2) is 4.79 Å². The van der Waals surface area contributed by atoms with Crippen molar-refractivity contribution in [1.82, 2.24) is 5.32 Å². The average Bonchev–Trinajstić information content (AvgIpc) is 2.05. The molecule has 0 amide bonds. The lowest BCUT2D eigenvalue weighted by Gasteiger charge is -2.04. The summed E-state index contributed by atoms with van der Waals surface area (Å²) in [6.07, 6.45) is 3.07. The van der Waals surface area contributed by atoms with Gasteiger partial charge in [-0.1, -0.05) is 0 Å². The molecule has 0 radical (unpaired) electrons. The second-order valence-corrected chi connectivity index (χ2v) is 1.77. The van der Waals surface area contributed by atoms with Gasteiger partial charge in [-0.15, -0.1) is 0 Å². The van der Waals surface area contributed by atoms with Crippen LogP contribution in [0.5, 0.6) is 0 Å². The van der Waals surface area contributed by atoms with Gasteiger partial charge in [-0.05, 0) is 0 Å². The van der Waals surface area contributed by atoms with Crippen LogP contribution in [0.3, 0.4) is 0 Å². The zero-order valence-electron chi connectivity index (χ0n) is 5.63. The minimum atomic E-state index is -0.365. The molecule has 0 saturated carbocycles. The van der Waals surface area contributed by atoms with E-state index < -0.39 is 0 Å². The lowest BCUT2D eigenvalue weighted by Crippen LogP contribution is -2.17. The van der Waals surface area contributed by atoms with Gasteiger partial charge < -0.3 is 10.1 Å². The van der Waals surface area contributed by atoms with E-state index in [0.29, 0.717) is 12.2 Å². The highest BCUT2D eigenvalue weighted by Crippen LogP contribution is 1.94. The number of esters is 1. The highest BCUT2D eigenvalue weighted by molar-refractivity contribution is 6.09. The smallest absolute Gasteiger partial charge is 0.340 e.